The molecule has 0 amide bonds. The molecule has 1 N–H and O–H groups in total. The van der Waals surface area contributed by atoms with Gasteiger partial charge in [0.05, 0.1) is 0 Å². The minimum atomic E-state index is 0.782. The second kappa shape index (κ2) is 3.85. The second-order valence-corrected chi connectivity index (χ2v) is 1.71. The van der Waals surface area contributed by atoms with Crippen LogP contribution in [0.4, 0.5) is 5.82 Å². The molecule has 3 heteroatoms. The van der Waals surface area contributed by atoms with Crippen molar-refractivity contribution in [2.24, 2.45) is 0 Å². The fourth-order valence-corrected chi connectivity index (χ4v) is 0.567. The van der Waals surface area contributed by atoms with Crippen molar-refractivity contribution in [2.45, 2.75) is 0 Å². The summed E-state index contributed by atoms with van der Waals surface area (Å²) in [5.41, 5.74) is 0. The highest BCUT2D eigenvalue weighted by Crippen LogP contribution is 1.99. The topological polar surface area (TPSA) is 34.1 Å². The maximum atomic E-state index is 4.67. The number of nitrogens with one attached hydrogen (secondary N) is 1. The molecule has 1 radical (unpaired) electrons. The summed E-state index contributed by atoms with van der Waals surface area (Å²) in [6, 6.07) is 5.62. The Morgan fingerprint density at radius 2 is 2.50 bits per heavy atom. The number of nitrogens with zero attached hydrogens (tertiary/aromatic N) is 1. The van der Waals surface area contributed by atoms with Crippen LogP contribution in [0, 0.1) is 6.73 Å². The quantitative estimate of drug-likeness (QED) is 0.681. The molecule has 0 bridgehead atoms. The van der Waals surface area contributed by atoms with Crippen molar-refractivity contribution < 1.29 is 4.74 Å². The van der Waals surface area contributed by atoms with Crippen LogP contribution in [0.3, 0.4) is 0 Å². The summed E-state index contributed by atoms with van der Waals surface area (Å²) >= 11 is 0. The number of hydrogen-bond donors (Lipinski definition) is 1. The Morgan fingerprint density at radius 1 is 1.60 bits per heavy atom. The highest BCUT2D eigenvalue weighted by molar-refractivity contribution is 5.33. The van der Waals surface area contributed by atoms with Crippen LogP contribution >= 0.6 is 0 Å². The Kier molecular flexibility index (Phi) is 2.70. The summed E-state index contributed by atoms with van der Waals surface area (Å²) in [5.74, 6) is 0.782. The first-order valence-corrected chi connectivity index (χ1v) is 2.95. The number of hydrogen-bond acceptors (Lipinski definition) is 3. The average Bonchev–Trinajstić information content (AvgIpc) is 2.03. The highest BCUT2D eigenvalue weighted by Gasteiger charge is 1.86. The normalized spacial score (nSPS) is 9.30. The Balaban J connectivity index is 2.43. The van der Waals surface area contributed by atoms with Crippen molar-refractivity contribution in [3.05, 3.63) is 31.1 Å². The van der Waals surface area contributed by atoms with Gasteiger partial charge in [-0.25, -0.2) is 4.98 Å². The lowest BCUT2D eigenvalue weighted by atomic mass is 10.5. The van der Waals surface area contributed by atoms with E-state index >= 15 is 0 Å². The van der Waals surface area contributed by atoms with Crippen LogP contribution < -0.4 is 5.32 Å². The maximum Gasteiger partial charge on any atom is 0.173 e. The standard InChI is InChI=1S/C7H9N2O/c1-10-6-9-7-4-2-3-5-8-7/h2-6H,1H3,(H,8,9). The molecular formula is C7H9N2O. The molecule has 1 heterocycles. The first-order valence-electron chi connectivity index (χ1n) is 2.95. The molecule has 0 saturated heterocycles. The zero-order valence-electron chi connectivity index (χ0n) is 5.74. The number of aromatic nitrogens is 1. The van der Waals surface area contributed by atoms with Crippen LogP contribution in [-0.2, 0) is 4.74 Å². The lowest BCUT2D eigenvalue weighted by Crippen LogP contribution is -1.97. The molecule has 53 valence electrons. The van der Waals surface area contributed by atoms with Crippen LogP contribution in [0.5, 0.6) is 0 Å². The van der Waals surface area contributed by atoms with Crippen LogP contribution in [0.15, 0.2) is 24.4 Å². The van der Waals surface area contributed by atoms with Crippen molar-refractivity contribution >= 4 is 5.82 Å². The van der Waals surface area contributed by atoms with Crippen molar-refractivity contribution in [3.8, 4) is 0 Å². The molecular weight excluding hydrogens is 128 g/mol. The summed E-state index contributed by atoms with van der Waals surface area (Å²) in [5, 5.41) is 2.84. The SMILES string of the molecule is CO[CH]Nc1ccccn1. The van der Waals surface area contributed by atoms with E-state index in [1.807, 2.05) is 18.2 Å². The van der Waals surface area contributed by atoms with Gasteiger partial charge in [-0.1, -0.05) is 6.07 Å². The Labute approximate surface area is 60.0 Å². The van der Waals surface area contributed by atoms with Crippen LogP contribution in [0.25, 0.3) is 0 Å². The second-order valence-electron chi connectivity index (χ2n) is 1.71. The third-order valence-corrected chi connectivity index (χ3v) is 0.990. The molecule has 3 nitrogen and oxygen atoms in total. The number of ether oxygens (including phenoxy) is 1. The molecule has 0 spiro atoms. The lowest BCUT2D eigenvalue weighted by Gasteiger charge is -1.99. The third kappa shape index (κ3) is 2.03. The molecule has 1 rings (SSSR count). The highest BCUT2D eigenvalue weighted by atomic mass is 16.5. The van der Waals surface area contributed by atoms with Gasteiger partial charge in [0.2, 0.25) is 0 Å². The maximum absolute atomic E-state index is 4.67. The summed E-state index contributed by atoms with van der Waals surface area (Å²) in [6.07, 6.45) is 1.71. The van der Waals surface area contributed by atoms with Gasteiger partial charge >= 0.3 is 0 Å². The third-order valence-electron chi connectivity index (χ3n) is 0.990. The van der Waals surface area contributed by atoms with E-state index in [9.17, 15) is 0 Å². The summed E-state index contributed by atoms with van der Waals surface area (Å²) in [7, 11) is 1.58. The van der Waals surface area contributed by atoms with E-state index in [1.54, 1.807) is 13.3 Å². The van der Waals surface area contributed by atoms with E-state index in [2.05, 4.69) is 15.0 Å². The van der Waals surface area contributed by atoms with Gasteiger partial charge in [0.25, 0.3) is 0 Å². The van der Waals surface area contributed by atoms with E-state index in [0.29, 0.717) is 0 Å². The number of anilines is 1. The van der Waals surface area contributed by atoms with Crippen molar-refractivity contribution in [1.29, 1.82) is 0 Å². The molecule has 0 aliphatic carbocycles. The summed E-state index contributed by atoms with van der Waals surface area (Å²) in [6.45, 7) is 1.47. The molecule has 0 fully saturated rings. The van der Waals surface area contributed by atoms with Crippen molar-refractivity contribution in [1.82, 2.24) is 4.98 Å². The van der Waals surface area contributed by atoms with Gasteiger partial charge < -0.3 is 10.1 Å². The number of rotatable bonds is 3. The Bertz CT molecular complexity index is 176. The van der Waals surface area contributed by atoms with Gasteiger partial charge in [-0.3, -0.25) is 0 Å². The van der Waals surface area contributed by atoms with Gasteiger partial charge in [0.1, 0.15) is 5.82 Å². The van der Waals surface area contributed by atoms with E-state index in [4.69, 9.17) is 0 Å². The zero-order valence-corrected chi connectivity index (χ0v) is 5.74. The lowest BCUT2D eigenvalue weighted by molar-refractivity contribution is 0.286. The van der Waals surface area contributed by atoms with E-state index in [0.717, 1.165) is 5.82 Å². The average molecular weight is 137 g/mol. The molecule has 0 atom stereocenters. The fraction of sp³-hybridized carbons (Fsp3) is 0.143. The van der Waals surface area contributed by atoms with Crippen molar-refractivity contribution in [3.63, 3.8) is 0 Å². The van der Waals surface area contributed by atoms with Gasteiger partial charge in [-0.2, -0.15) is 0 Å². The number of pyridine rings is 1. The van der Waals surface area contributed by atoms with Crippen LogP contribution in [-0.4, -0.2) is 12.1 Å². The molecule has 0 unspecified atom stereocenters. The largest absolute Gasteiger partial charge is 0.357 e. The molecule has 0 aliphatic heterocycles. The predicted molar refractivity (Wildman–Crippen MR) is 39.2 cm³/mol. The van der Waals surface area contributed by atoms with Gasteiger partial charge in [-0.05, 0) is 12.1 Å². The van der Waals surface area contributed by atoms with Crippen molar-refractivity contribution in [2.75, 3.05) is 12.4 Å². The predicted octanol–water partition coefficient (Wildman–Crippen LogP) is 1.26. The first-order chi connectivity index (χ1) is 4.93. The minimum absolute atomic E-state index is 0.782. The Hall–Kier alpha value is -1.09. The van der Waals surface area contributed by atoms with E-state index < -0.39 is 0 Å². The molecule has 1 aromatic rings. The molecule has 0 aromatic carbocycles. The molecule has 0 aliphatic rings. The van der Waals surface area contributed by atoms with Crippen LogP contribution in [0.1, 0.15) is 0 Å². The monoisotopic (exact) mass is 137 g/mol. The minimum Gasteiger partial charge on any atom is -0.357 e. The molecule has 1 aromatic heterocycles. The van der Waals surface area contributed by atoms with Gasteiger partial charge in [-0.15, -0.1) is 0 Å². The fourth-order valence-electron chi connectivity index (χ4n) is 0.567. The van der Waals surface area contributed by atoms with E-state index in [-0.39, 0.29) is 0 Å². The van der Waals surface area contributed by atoms with Crippen LogP contribution in [0.2, 0.25) is 0 Å². The number of methoxy groups -OCH3 is 1. The van der Waals surface area contributed by atoms with Gasteiger partial charge in [0.15, 0.2) is 6.73 Å². The zero-order chi connectivity index (χ0) is 7.23. The molecule has 0 saturated carbocycles. The first kappa shape index (κ1) is 7.02. The smallest absolute Gasteiger partial charge is 0.173 e. The Morgan fingerprint density at radius 3 is 3.10 bits per heavy atom. The van der Waals surface area contributed by atoms with E-state index in [1.165, 1.54) is 6.73 Å². The molecule has 10 heavy (non-hydrogen) atoms. The summed E-state index contributed by atoms with van der Waals surface area (Å²) in [4.78, 5) is 3.99. The van der Waals surface area contributed by atoms with Gasteiger partial charge in [0, 0.05) is 13.3 Å². The summed E-state index contributed by atoms with van der Waals surface area (Å²) < 4.78 is 4.67.